The summed E-state index contributed by atoms with van der Waals surface area (Å²) >= 11 is 1.44. The van der Waals surface area contributed by atoms with E-state index in [0.29, 0.717) is 12.4 Å². The molecule has 0 amide bonds. The van der Waals surface area contributed by atoms with E-state index >= 15 is 0 Å². The first-order valence-electron chi connectivity index (χ1n) is 5.59. The number of carbonyl (C=O) groups is 1. The third-order valence-electron chi connectivity index (χ3n) is 2.35. The number of thioether (sulfide) groups is 1. The van der Waals surface area contributed by atoms with Gasteiger partial charge in [-0.15, -0.1) is 11.8 Å². The van der Waals surface area contributed by atoms with E-state index in [1.807, 2.05) is 36.6 Å². The van der Waals surface area contributed by atoms with Crippen LogP contribution in [0.1, 0.15) is 18.4 Å². The van der Waals surface area contributed by atoms with Crippen LogP contribution in [-0.4, -0.2) is 29.4 Å². The van der Waals surface area contributed by atoms with Gasteiger partial charge < -0.3 is 9.84 Å². The number of aliphatic hydroxyl groups is 1. The Labute approximate surface area is 106 Å². The Morgan fingerprint density at radius 2 is 2.12 bits per heavy atom. The van der Waals surface area contributed by atoms with Gasteiger partial charge in [-0.3, -0.25) is 4.79 Å². The molecule has 0 aliphatic heterocycles. The van der Waals surface area contributed by atoms with E-state index in [2.05, 4.69) is 0 Å². The van der Waals surface area contributed by atoms with Crippen molar-refractivity contribution in [2.45, 2.75) is 25.4 Å². The SMILES string of the molecule is CSCOC(=O)C[C@H](O)CCc1ccccc1. The van der Waals surface area contributed by atoms with Crippen LogP contribution in [0.15, 0.2) is 30.3 Å². The molecule has 0 heterocycles. The van der Waals surface area contributed by atoms with E-state index in [0.717, 1.165) is 6.42 Å². The number of benzene rings is 1. The summed E-state index contributed by atoms with van der Waals surface area (Å²) in [5, 5.41) is 9.67. The monoisotopic (exact) mass is 254 g/mol. The summed E-state index contributed by atoms with van der Waals surface area (Å²) in [5.41, 5.74) is 1.17. The van der Waals surface area contributed by atoms with Crippen molar-refractivity contribution in [3.63, 3.8) is 0 Å². The highest BCUT2D eigenvalue weighted by Gasteiger charge is 2.11. The average Bonchev–Trinajstić information content (AvgIpc) is 2.35. The lowest BCUT2D eigenvalue weighted by molar-refractivity contribution is -0.143. The first kappa shape index (κ1) is 14.1. The Morgan fingerprint density at radius 3 is 2.76 bits per heavy atom. The highest BCUT2D eigenvalue weighted by Crippen LogP contribution is 2.08. The Kier molecular flexibility index (Phi) is 6.74. The van der Waals surface area contributed by atoms with Crippen LogP contribution in [-0.2, 0) is 16.0 Å². The van der Waals surface area contributed by atoms with Gasteiger partial charge in [0.2, 0.25) is 0 Å². The summed E-state index contributed by atoms with van der Waals surface area (Å²) in [6.07, 6.45) is 2.67. The minimum Gasteiger partial charge on any atom is -0.455 e. The molecule has 0 radical (unpaired) electrons. The molecular formula is C13H18O3S. The number of hydrogen-bond donors (Lipinski definition) is 1. The molecule has 1 atom stereocenters. The van der Waals surface area contributed by atoms with Crippen LogP contribution in [0.5, 0.6) is 0 Å². The molecule has 0 bridgehead atoms. The van der Waals surface area contributed by atoms with Gasteiger partial charge in [-0.05, 0) is 24.7 Å². The van der Waals surface area contributed by atoms with Gasteiger partial charge in [0.15, 0.2) is 0 Å². The molecule has 0 aliphatic carbocycles. The number of rotatable bonds is 7. The molecule has 1 aromatic rings. The number of ether oxygens (including phenoxy) is 1. The van der Waals surface area contributed by atoms with E-state index < -0.39 is 6.10 Å². The summed E-state index contributed by atoms with van der Waals surface area (Å²) < 4.78 is 4.88. The van der Waals surface area contributed by atoms with Gasteiger partial charge in [0.1, 0.15) is 5.94 Å². The average molecular weight is 254 g/mol. The summed E-state index contributed by atoms with van der Waals surface area (Å²) in [6, 6.07) is 9.92. The summed E-state index contributed by atoms with van der Waals surface area (Å²) in [5.74, 6) is 0.0180. The molecule has 0 saturated heterocycles. The molecule has 1 N–H and O–H groups in total. The van der Waals surface area contributed by atoms with Gasteiger partial charge in [0.25, 0.3) is 0 Å². The third-order valence-corrected chi connectivity index (χ3v) is 2.70. The van der Waals surface area contributed by atoms with Crippen molar-refractivity contribution in [2.24, 2.45) is 0 Å². The number of hydrogen-bond acceptors (Lipinski definition) is 4. The van der Waals surface area contributed by atoms with Crippen LogP contribution >= 0.6 is 11.8 Å². The highest BCUT2D eigenvalue weighted by atomic mass is 32.2. The van der Waals surface area contributed by atoms with E-state index in [1.165, 1.54) is 17.3 Å². The maximum absolute atomic E-state index is 11.2. The molecular weight excluding hydrogens is 236 g/mol. The molecule has 94 valence electrons. The minimum absolute atomic E-state index is 0.0768. The second kappa shape index (κ2) is 8.14. The van der Waals surface area contributed by atoms with Crippen LogP contribution in [0.25, 0.3) is 0 Å². The lowest BCUT2D eigenvalue weighted by atomic mass is 10.1. The Morgan fingerprint density at radius 1 is 1.41 bits per heavy atom. The predicted molar refractivity (Wildman–Crippen MR) is 69.9 cm³/mol. The normalized spacial score (nSPS) is 12.1. The zero-order valence-electron chi connectivity index (χ0n) is 9.96. The summed E-state index contributed by atoms with van der Waals surface area (Å²) in [7, 11) is 0. The van der Waals surface area contributed by atoms with E-state index in [4.69, 9.17) is 4.74 Å². The van der Waals surface area contributed by atoms with Gasteiger partial charge in [-0.25, -0.2) is 0 Å². The fourth-order valence-corrected chi connectivity index (χ4v) is 1.71. The van der Waals surface area contributed by atoms with E-state index in [-0.39, 0.29) is 12.4 Å². The van der Waals surface area contributed by atoms with Crippen LogP contribution in [0.4, 0.5) is 0 Å². The van der Waals surface area contributed by atoms with E-state index in [9.17, 15) is 9.90 Å². The van der Waals surface area contributed by atoms with Gasteiger partial charge in [-0.1, -0.05) is 30.3 Å². The molecule has 0 saturated carbocycles. The quantitative estimate of drug-likeness (QED) is 0.599. The van der Waals surface area contributed by atoms with Crippen LogP contribution in [0, 0.1) is 0 Å². The maximum Gasteiger partial charge on any atom is 0.309 e. The van der Waals surface area contributed by atoms with Crippen molar-refractivity contribution in [3.05, 3.63) is 35.9 Å². The Bertz CT molecular complexity index is 327. The molecule has 4 heteroatoms. The first-order chi connectivity index (χ1) is 8.22. The van der Waals surface area contributed by atoms with Crippen molar-refractivity contribution < 1.29 is 14.6 Å². The summed E-state index contributed by atoms with van der Waals surface area (Å²) in [6.45, 7) is 0. The van der Waals surface area contributed by atoms with Crippen LogP contribution < -0.4 is 0 Å². The van der Waals surface area contributed by atoms with Gasteiger partial charge in [-0.2, -0.15) is 0 Å². The van der Waals surface area contributed by atoms with Crippen LogP contribution in [0.3, 0.4) is 0 Å². The zero-order chi connectivity index (χ0) is 12.5. The molecule has 0 aromatic heterocycles. The predicted octanol–water partition coefficient (Wildman–Crippen LogP) is 2.23. The molecule has 0 unspecified atom stereocenters. The second-order valence-corrected chi connectivity index (χ2v) is 4.62. The minimum atomic E-state index is -0.621. The van der Waals surface area contributed by atoms with E-state index in [1.54, 1.807) is 0 Å². The molecule has 0 spiro atoms. The molecule has 3 nitrogen and oxygen atoms in total. The highest BCUT2D eigenvalue weighted by molar-refractivity contribution is 7.98. The largest absolute Gasteiger partial charge is 0.455 e. The first-order valence-corrected chi connectivity index (χ1v) is 6.98. The molecule has 1 rings (SSSR count). The standard InChI is InChI=1S/C13H18O3S/c1-17-10-16-13(15)9-12(14)8-7-11-5-3-2-4-6-11/h2-6,12,14H,7-10H2,1H3/t12-/m1/s1. The molecule has 17 heavy (non-hydrogen) atoms. The number of carbonyl (C=O) groups excluding carboxylic acids is 1. The Balaban J connectivity index is 2.21. The van der Waals surface area contributed by atoms with Crippen molar-refractivity contribution >= 4 is 17.7 Å². The smallest absolute Gasteiger partial charge is 0.309 e. The lowest BCUT2D eigenvalue weighted by Gasteiger charge is -2.09. The molecule has 1 aromatic carbocycles. The van der Waals surface area contributed by atoms with Gasteiger partial charge >= 0.3 is 5.97 Å². The summed E-state index contributed by atoms with van der Waals surface area (Å²) in [4.78, 5) is 11.2. The van der Waals surface area contributed by atoms with Gasteiger partial charge in [0.05, 0.1) is 12.5 Å². The molecule has 0 aliphatic rings. The lowest BCUT2D eigenvalue weighted by Crippen LogP contribution is -2.16. The van der Waals surface area contributed by atoms with Crippen molar-refractivity contribution in [3.8, 4) is 0 Å². The maximum atomic E-state index is 11.2. The van der Waals surface area contributed by atoms with Crippen LogP contribution in [0.2, 0.25) is 0 Å². The fourth-order valence-electron chi connectivity index (χ4n) is 1.46. The Hall–Kier alpha value is -1.00. The topological polar surface area (TPSA) is 46.5 Å². The van der Waals surface area contributed by atoms with Crippen molar-refractivity contribution in [1.82, 2.24) is 0 Å². The van der Waals surface area contributed by atoms with Crippen molar-refractivity contribution in [2.75, 3.05) is 12.2 Å². The fraction of sp³-hybridized carbons (Fsp3) is 0.462. The number of esters is 1. The number of aryl methyl sites for hydroxylation is 1. The number of aliphatic hydroxyl groups excluding tert-OH is 1. The van der Waals surface area contributed by atoms with Crippen molar-refractivity contribution in [1.29, 1.82) is 0 Å². The third kappa shape index (κ3) is 6.34. The van der Waals surface area contributed by atoms with Gasteiger partial charge in [0, 0.05) is 0 Å². The zero-order valence-corrected chi connectivity index (χ0v) is 10.8. The molecule has 0 fully saturated rings. The second-order valence-electron chi connectivity index (χ2n) is 3.81.